The van der Waals surface area contributed by atoms with Crippen molar-refractivity contribution in [2.45, 2.75) is 43.5 Å². The summed E-state index contributed by atoms with van der Waals surface area (Å²) in [5.74, 6) is -2.23. The number of nitrogens with zero attached hydrogens (tertiary/aromatic N) is 1. The Balaban J connectivity index is 3.11. The van der Waals surface area contributed by atoms with Crippen LogP contribution in [0.1, 0.15) is 6.92 Å². The number of nitrogens with two attached hydrogens (primary N) is 1. The highest BCUT2D eigenvalue weighted by Crippen LogP contribution is 2.24. The van der Waals surface area contributed by atoms with E-state index >= 15 is 0 Å². The number of aliphatic hydroxyl groups excluding tert-OH is 4. The van der Waals surface area contributed by atoms with E-state index in [1.54, 1.807) is 0 Å². The Morgan fingerprint density at radius 2 is 1.86 bits per heavy atom. The van der Waals surface area contributed by atoms with Crippen LogP contribution in [0.25, 0.3) is 0 Å². The molecule has 1 aliphatic heterocycles. The molecule has 6 atom stereocenters. The molecule has 122 valence electrons. The Morgan fingerprint density at radius 1 is 1.29 bits per heavy atom. The van der Waals surface area contributed by atoms with Crippen LogP contribution >= 0.6 is 0 Å². The van der Waals surface area contributed by atoms with Gasteiger partial charge >= 0.3 is 5.97 Å². The van der Waals surface area contributed by atoms with Crippen LogP contribution in [0.4, 0.5) is 0 Å². The smallest absolute Gasteiger partial charge is 0.328 e. The molecule has 0 spiro atoms. The van der Waals surface area contributed by atoms with E-state index in [9.17, 15) is 19.8 Å². The van der Waals surface area contributed by atoms with Crippen LogP contribution in [0.5, 0.6) is 0 Å². The number of aliphatic hydroxyl groups is 4. The molecule has 1 saturated heterocycles. The van der Waals surface area contributed by atoms with Crippen LogP contribution in [-0.2, 0) is 14.3 Å². The zero-order chi connectivity index (χ0) is 16.3. The zero-order valence-corrected chi connectivity index (χ0v) is 11.4. The minimum absolute atomic E-state index is 0.663. The van der Waals surface area contributed by atoms with Crippen LogP contribution in [0, 0.1) is 0 Å². The summed E-state index contributed by atoms with van der Waals surface area (Å²) in [6, 6.07) is -2.93. The van der Waals surface area contributed by atoms with Crippen LogP contribution in [0.3, 0.4) is 0 Å². The SMILES string of the molecule is CC(=O)N(C1O[C@@H](CO)[C@@H](O)[C@@H](O)[C@@H]1N)[C@@H](CO)C(=O)O. The van der Waals surface area contributed by atoms with Crippen LogP contribution in [0.2, 0.25) is 0 Å². The van der Waals surface area contributed by atoms with Gasteiger partial charge < -0.3 is 36.0 Å². The average Bonchev–Trinajstić information content (AvgIpc) is 2.42. The highest BCUT2D eigenvalue weighted by atomic mass is 16.5. The van der Waals surface area contributed by atoms with Crippen molar-refractivity contribution >= 4 is 11.9 Å². The van der Waals surface area contributed by atoms with Gasteiger partial charge in [0.25, 0.3) is 0 Å². The number of hydrogen-bond acceptors (Lipinski definition) is 8. The van der Waals surface area contributed by atoms with Gasteiger partial charge in [-0.25, -0.2) is 4.79 Å². The summed E-state index contributed by atoms with van der Waals surface area (Å²) >= 11 is 0. The Bertz CT molecular complexity index is 390. The van der Waals surface area contributed by atoms with E-state index in [0.717, 1.165) is 6.92 Å². The molecule has 10 heteroatoms. The quantitative estimate of drug-likeness (QED) is 0.296. The number of aliphatic carboxylic acids is 1. The van der Waals surface area contributed by atoms with E-state index < -0.39 is 61.7 Å². The van der Waals surface area contributed by atoms with Gasteiger partial charge in [-0.3, -0.25) is 9.69 Å². The maximum Gasteiger partial charge on any atom is 0.328 e. The molecule has 1 heterocycles. The summed E-state index contributed by atoms with van der Waals surface area (Å²) in [7, 11) is 0. The molecular formula is C11H20N2O8. The molecule has 0 aromatic heterocycles. The topological polar surface area (TPSA) is 174 Å². The van der Waals surface area contributed by atoms with Gasteiger partial charge in [-0.15, -0.1) is 0 Å². The van der Waals surface area contributed by atoms with E-state index in [4.69, 9.17) is 25.8 Å². The first-order valence-corrected chi connectivity index (χ1v) is 6.26. The molecule has 10 nitrogen and oxygen atoms in total. The Kier molecular flexibility index (Phi) is 6.01. The fourth-order valence-electron chi connectivity index (χ4n) is 2.23. The number of carboxylic acid groups (broad SMARTS) is 1. The fourth-order valence-corrected chi connectivity index (χ4v) is 2.23. The van der Waals surface area contributed by atoms with E-state index in [1.165, 1.54) is 0 Å². The van der Waals surface area contributed by atoms with Gasteiger partial charge in [0.15, 0.2) is 12.3 Å². The summed E-state index contributed by atoms with van der Waals surface area (Å²) in [6.07, 6.45) is -5.66. The number of hydrogen-bond donors (Lipinski definition) is 6. The highest BCUT2D eigenvalue weighted by molar-refractivity contribution is 5.82. The van der Waals surface area contributed by atoms with E-state index in [1.807, 2.05) is 0 Å². The van der Waals surface area contributed by atoms with Crippen molar-refractivity contribution in [2.75, 3.05) is 13.2 Å². The molecule has 0 aromatic carbocycles. The third kappa shape index (κ3) is 3.48. The standard InChI is InChI=1S/C11H20N2O8/c1-4(16)13(5(2-14)11(19)20)10-7(12)9(18)8(17)6(3-15)21-10/h5-10,14-15,17-18H,2-3,12H2,1H3,(H,19,20)/t5-,6-,7-,8+,9-,10?/m0/s1. The Labute approximate surface area is 120 Å². The Hall–Kier alpha value is -1.30. The second-order valence-corrected chi connectivity index (χ2v) is 4.77. The van der Waals surface area contributed by atoms with Gasteiger partial charge in [-0.05, 0) is 0 Å². The van der Waals surface area contributed by atoms with Crippen LogP contribution < -0.4 is 5.73 Å². The molecule has 7 N–H and O–H groups in total. The van der Waals surface area contributed by atoms with Crippen molar-refractivity contribution in [2.24, 2.45) is 5.73 Å². The van der Waals surface area contributed by atoms with E-state index in [-0.39, 0.29) is 0 Å². The molecule has 0 bridgehead atoms. The van der Waals surface area contributed by atoms with Gasteiger partial charge in [0.05, 0.1) is 19.3 Å². The average molecular weight is 308 g/mol. The molecule has 1 aliphatic rings. The summed E-state index contributed by atoms with van der Waals surface area (Å²) < 4.78 is 5.23. The predicted molar refractivity (Wildman–Crippen MR) is 66.8 cm³/mol. The molecule has 1 amide bonds. The van der Waals surface area contributed by atoms with Gasteiger partial charge in [0, 0.05) is 6.92 Å². The first kappa shape index (κ1) is 17.8. The first-order valence-electron chi connectivity index (χ1n) is 6.26. The van der Waals surface area contributed by atoms with Crippen molar-refractivity contribution in [1.82, 2.24) is 4.90 Å². The molecule has 0 radical (unpaired) electrons. The summed E-state index contributed by atoms with van der Waals surface area (Å²) in [5, 5.41) is 46.8. The van der Waals surface area contributed by atoms with Crippen LogP contribution in [-0.4, -0.2) is 92.1 Å². The molecule has 1 unspecified atom stereocenters. The zero-order valence-electron chi connectivity index (χ0n) is 11.4. The van der Waals surface area contributed by atoms with Crippen molar-refractivity contribution < 1.29 is 39.9 Å². The molecule has 1 fully saturated rings. The van der Waals surface area contributed by atoms with Gasteiger partial charge in [0.1, 0.15) is 18.3 Å². The number of carbonyl (C=O) groups is 2. The van der Waals surface area contributed by atoms with Crippen LogP contribution in [0.15, 0.2) is 0 Å². The third-order valence-corrected chi connectivity index (χ3v) is 3.38. The van der Waals surface area contributed by atoms with Gasteiger partial charge in [-0.1, -0.05) is 0 Å². The molecule has 0 aromatic rings. The van der Waals surface area contributed by atoms with Crippen molar-refractivity contribution in [3.05, 3.63) is 0 Å². The van der Waals surface area contributed by atoms with Crippen molar-refractivity contribution in [1.29, 1.82) is 0 Å². The maximum atomic E-state index is 11.7. The number of carbonyl (C=O) groups excluding carboxylic acids is 1. The lowest BCUT2D eigenvalue weighted by molar-refractivity contribution is -0.233. The molecule has 1 rings (SSSR count). The number of ether oxygens (including phenoxy) is 1. The Morgan fingerprint density at radius 3 is 2.24 bits per heavy atom. The highest BCUT2D eigenvalue weighted by Gasteiger charge is 2.48. The molecule has 0 saturated carbocycles. The fraction of sp³-hybridized carbons (Fsp3) is 0.818. The van der Waals surface area contributed by atoms with E-state index in [0.29, 0.717) is 4.90 Å². The second-order valence-electron chi connectivity index (χ2n) is 4.77. The summed E-state index contributed by atoms with van der Waals surface area (Å²) in [5.41, 5.74) is 5.68. The summed E-state index contributed by atoms with van der Waals surface area (Å²) in [4.78, 5) is 23.5. The lowest BCUT2D eigenvalue weighted by atomic mass is 9.95. The lowest BCUT2D eigenvalue weighted by Gasteiger charge is -2.46. The van der Waals surface area contributed by atoms with E-state index in [2.05, 4.69) is 0 Å². The number of amides is 1. The summed E-state index contributed by atoms with van der Waals surface area (Å²) in [6.45, 7) is -0.499. The minimum atomic E-state index is -1.62. The molecule has 0 aliphatic carbocycles. The number of rotatable bonds is 5. The molecule has 21 heavy (non-hydrogen) atoms. The monoisotopic (exact) mass is 308 g/mol. The second kappa shape index (κ2) is 7.11. The molecular weight excluding hydrogens is 288 g/mol. The van der Waals surface area contributed by atoms with Gasteiger partial charge in [0.2, 0.25) is 5.91 Å². The minimum Gasteiger partial charge on any atom is -0.480 e. The largest absolute Gasteiger partial charge is 0.480 e. The maximum absolute atomic E-state index is 11.7. The normalized spacial score (nSPS) is 34.3. The van der Waals surface area contributed by atoms with Gasteiger partial charge in [-0.2, -0.15) is 0 Å². The van der Waals surface area contributed by atoms with Crippen molar-refractivity contribution in [3.63, 3.8) is 0 Å². The van der Waals surface area contributed by atoms with Crippen molar-refractivity contribution in [3.8, 4) is 0 Å². The third-order valence-electron chi connectivity index (χ3n) is 3.38. The number of carboxylic acids is 1. The predicted octanol–water partition coefficient (Wildman–Crippen LogP) is -3.95. The first-order chi connectivity index (χ1) is 9.76. The lowest BCUT2D eigenvalue weighted by Crippen LogP contribution is -2.69.